The maximum absolute atomic E-state index is 10.7. The Morgan fingerprint density at radius 1 is 1.57 bits per heavy atom. The number of aliphatic hydroxyl groups excluding tert-OH is 1. The number of nitrogens with zero attached hydrogens (tertiary/aromatic N) is 1. The minimum atomic E-state index is -0.559. The van der Waals surface area contributed by atoms with Gasteiger partial charge in [-0.25, -0.2) is 0 Å². The Morgan fingerprint density at radius 3 is 2.71 bits per heavy atom. The Bertz CT molecular complexity index is 347. The summed E-state index contributed by atoms with van der Waals surface area (Å²) in [7, 11) is 0. The van der Waals surface area contributed by atoms with E-state index >= 15 is 0 Å². The summed E-state index contributed by atoms with van der Waals surface area (Å²) < 4.78 is 0. The number of nitro benzene ring substituents is 1. The first-order valence-corrected chi connectivity index (χ1v) is 4.42. The molecule has 4 nitrogen and oxygen atoms in total. The van der Waals surface area contributed by atoms with Crippen molar-refractivity contribution in [3.8, 4) is 0 Å². The fraction of sp³-hybridized carbons (Fsp3) is 0.400. The van der Waals surface area contributed by atoms with Crippen LogP contribution in [0.4, 0.5) is 5.69 Å². The third kappa shape index (κ3) is 2.53. The number of rotatable bonds is 3. The van der Waals surface area contributed by atoms with Gasteiger partial charge >= 0.3 is 0 Å². The van der Waals surface area contributed by atoms with E-state index in [1.165, 1.54) is 6.07 Å². The summed E-state index contributed by atoms with van der Waals surface area (Å²) in [6, 6.07) is 5.03. The highest BCUT2D eigenvalue weighted by atomic mass is 16.6. The molecular formula is C10H13NO3. The van der Waals surface area contributed by atoms with Gasteiger partial charge in [0.05, 0.1) is 11.0 Å². The van der Waals surface area contributed by atoms with Gasteiger partial charge in [0.15, 0.2) is 0 Å². The molecule has 1 atom stereocenters. The Balaban J connectivity index is 3.08. The summed E-state index contributed by atoms with van der Waals surface area (Å²) >= 11 is 0. The number of aryl methyl sites for hydroxylation is 1. The van der Waals surface area contributed by atoms with E-state index in [1.54, 1.807) is 19.9 Å². The van der Waals surface area contributed by atoms with Crippen LogP contribution in [0, 0.1) is 17.0 Å². The van der Waals surface area contributed by atoms with Crippen LogP contribution in [0.5, 0.6) is 0 Å². The van der Waals surface area contributed by atoms with Crippen LogP contribution in [0.2, 0.25) is 0 Å². The first-order chi connectivity index (χ1) is 6.50. The van der Waals surface area contributed by atoms with Crippen LogP contribution < -0.4 is 0 Å². The lowest BCUT2D eigenvalue weighted by Gasteiger charge is -2.05. The fourth-order valence-corrected chi connectivity index (χ4v) is 1.33. The summed E-state index contributed by atoms with van der Waals surface area (Å²) in [5.74, 6) is 0. The van der Waals surface area contributed by atoms with Gasteiger partial charge in [0, 0.05) is 18.1 Å². The molecule has 0 radical (unpaired) electrons. The van der Waals surface area contributed by atoms with Crippen LogP contribution in [0.3, 0.4) is 0 Å². The van der Waals surface area contributed by atoms with Crippen molar-refractivity contribution in [2.75, 3.05) is 0 Å². The molecule has 0 spiro atoms. The summed E-state index contributed by atoms with van der Waals surface area (Å²) in [4.78, 5) is 10.3. The molecule has 76 valence electrons. The number of hydrogen-bond donors (Lipinski definition) is 1. The first-order valence-electron chi connectivity index (χ1n) is 4.42. The van der Waals surface area contributed by atoms with Gasteiger partial charge < -0.3 is 5.11 Å². The molecule has 0 saturated carbocycles. The number of nitro groups is 1. The zero-order chi connectivity index (χ0) is 10.7. The highest BCUT2D eigenvalue weighted by molar-refractivity contribution is 5.43. The molecule has 14 heavy (non-hydrogen) atoms. The van der Waals surface area contributed by atoms with E-state index in [2.05, 4.69) is 0 Å². The second kappa shape index (κ2) is 4.19. The third-order valence-electron chi connectivity index (χ3n) is 1.95. The number of benzene rings is 1. The van der Waals surface area contributed by atoms with Crippen molar-refractivity contribution >= 4 is 5.69 Å². The lowest BCUT2D eigenvalue weighted by atomic mass is 10.0. The van der Waals surface area contributed by atoms with Crippen molar-refractivity contribution < 1.29 is 10.0 Å². The second-order valence-corrected chi connectivity index (χ2v) is 3.44. The largest absolute Gasteiger partial charge is 0.393 e. The van der Waals surface area contributed by atoms with E-state index in [-0.39, 0.29) is 5.69 Å². The average Bonchev–Trinajstić information content (AvgIpc) is 2.07. The van der Waals surface area contributed by atoms with Gasteiger partial charge in [-0.2, -0.15) is 0 Å². The highest BCUT2D eigenvalue weighted by Gasteiger charge is 2.14. The highest BCUT2D eigenvalue weighted by Crippen LogP contribution is 2.21. The van der Waals surface area contributed by atoms with Crippen LogP contribution in [-0.2, 0) is 6.42 Å². The van der Waals surface area contributed by atoms with Crippen molar-refractivity contribution in [3.05, 3.63) is 39.4 Å². The Labute approximate surface area is 82.3 Å². The van der Waals surface area contributed by atoms with Crippen molar-refractivity contribution in [1.82, 2.24) is 0 Å². The van der Waals surface area contributed by atoms with Gasteiger partial charge in [-0.1, -0.05) is 12.1 Å². The van der Waals surface area contributed by atoms with Gasteiger partial charge in [-0.3, -0.25) is 10.1 Å². The van der Waals surface area contributed by atoms with Crippen molar-refractivity contribution in [1.29, 1.82) is 0 Å². The van der Waals surface area contributed by atoms with Gasteiger partial charge in [-0.15, -0.1) is 0 Å². The Hall–Kier alpha value is -1.42. The molecule has 1 aromatic carbocycles. The quantitative estimate of drug-likeness (QED) is 0.591. The predicted octanol–water partition coefficient (Wildman–Crippen LogP) is 1.83. The van der Waals surface area contributed by atoms with Crippen molar-refractivity contribution in [2.45, 2.75) is 26.4 Å². The third-order valence-corrected chi connectivity index (χ3v) is 1.95. The lowest BCUT2D eigenvalue weighted by Crippen LogP contribution is -2.06. The maximum atomic E-state index is 10.7. The maximum Gasteiger partial charge on any atom is 0.272 e. The van der Waals surface area contributed by atoms with Crippen molar-refractivity contribution in [3.63, 3.8) is 0 Å². The topological polar surface area (TPSA) is 63.4 Å². The monoisotopic (exact) mass is 195 g/mol. The molecule has 0 aromatic heterocycles. The van der Waals surface area contributed by atoms with Gasteiger partial charge in [-0.05, 0) is 19.4 Å². The van der Waals surface area contributed by atoms with E-state index in [0.717, 1.165) is 5.56 Å². The summed E-state index contributed by atoms with van der Waals surface area (Å²) in [6.45, 7) is 3.42. The molecule has 0 aliphatic rings. The molecule has 0 saturated heterocycles. The van der Waals surface area contributed by atoms with Crippen LogP contribution in [0.25, 0.3) is 0 Å². The van der Waals surface area contributed by atoms with E-state index in [0.29, 0.717) is 12.0 Å². The molecular weight excluding hydrogens is 182 g/mol. The standard InChI is InChI=1S/C10H13NO3/c1-7-3-4-9(6-8(2)12)10(5-7)11(13)14/h3-5,8,12H,6H2,1-2H3. The van der Waals surface area contributed by atoms with Crippen LogP contribution >= 0.6 is 0 Å². The van der Waals surface area contributed by atoms with Gasteiger partial charge in [0.1, 0.15) is 0 Å². The molecule has 1 rings (SSSR count). The van der Waals surface area contributed by atoms with Crippen LogP contribution in [0.1, 0.15) is 18.1 Å². The minimum absolute atomic E-state index is 0.0888. The SMILES string of the molecule is Cc1ccc(CC(C)O)c([N+](=O)[O-])c1. The Morgan fingerprint density at radius 2 is 2.21 bits per heavy atom. The molecule has 0 bridgehead atoms. The molecule has 1 N–H and O–H groups in total. The predicted molar refractivity (Wildman–Crippen MR) is 53.2 cm³/mol. The van der Waals surface area contributed by atoms with Gasteiger partial charge in [0.25, 0.3) is 5.69 Å². The lowest BCUT2D eigenvalue weighted by molar-refractivity contribution is -0.385. The van der Waals surface area contributed by atoms with Gasteiger partial charge in [0.2, 0.25) is 0 Å². The zero-order valence-corrected chi connectivity index (χ0v) is 8.23. The summed E-state index contributed by atoms with van der Waals surface area (Å²) in [6.07, 6.45) is -0.243. The molecule has 4 heteroatoms. The minimum Gasteiger partial charge on any atom is -0.393 e. The average molecular weight is 195 g/mol. The molecule has 0 fully saturated rings. The van der Waals surface area contributed by atoms with E-state index in [1.807, 2.05) is 6.07 Å². The fourth-order valence-electron chi connectivity index (χ4n) is 1.33. The zero-order valence-electron chi connectivity index (χ0n) is 8.23. The van der Waals surface area contributed by atoms with Crippen LogP contribution in [-0.4, -0.2) is 16.1 Å². The van der Waals surface area contributed by atoms with E-state index in [9.17, 15) is 10.1 Å². The van der Waals surface area contributed by atoms with Crippen LogP contribution in [0.15, 0.2) is 18.2 Å². The normalized spacial score (nSPS) is 12.5. The molecule has 0 amide bonds. The second-order valence-electron chi connectivity index (χ2n) is 3.44. The van der Waals surface area contributed by atoms with Crippen molar-refractivity contribution in [2.24, 2.45) is 0 Å². The molecule has 0 aliphatic carbocycles. The summed E-state index contributed by atoms with van der Waals surface area (Å²) in [5.41, 5.74) is 1.52. The summed E-state index contributed by atoms with van der Waals surface area (Å²) in [5, 5.41) is 19.8. The van der Waals surface area contributed by atoms with E-state index < -0.39 is 11.0 Å². The molecule has 0 heterocycles. The smallest absolute Gasteiger partial charge is 0.272 e. The first kappa shape index (κ1) is 10.7. The molecule has 1 aromatic rings. The number of aliphatic hydroxyl groups is 1. The molecule has 1 unspecified atom stereocenters. The number of hydrogen-bond acceptors (Lipinski definition) is 3. The molecule has 0 aliphatic heterocycles. The Kier molecular flexibility index (Phi) is 3.19. The van der Waals surface area contributed by atoms with E-state index in [4.69, 9.17) is 5.11 Å².